The molecule has 1 aromatic heterocycles. The number of hydrogen-bond acceptors (Lipinski definition) is 2. The maximum Gasteiger partial charge on any atom is 0.316 e. The summed E-state index contributed by atoms with van der Waals surface area (Å²) in [5.41, 5.74) is 1.99. The van der Waals surface area contributed by atoms with Gasteiger partial charge in [-0.1, -0.05) is 67.9 Å². The van der Waals surface area contributed by atoms with Gasteiger partial charge in [-0.15, -0.1) is 0 Å². The molecule has 0 saturated heterocycles. The van der Waals surface area contributed by atoms with E-state index in [1.54, 1.807) is 6.20 Å². The number of aromatic nitrogens is 2. The van der Waals surface area contributed by atoms with E-state index in [0.29, 0.717) is 5.02 Å². The van der Waals surface area contributed by atoms with Crippen LogP contribution in [0.2, 0.25) is 5.02 Å². The van der Waals surface area contributed by atoms with Crippen molar-refractivity contribution in [3.63, 3.8) is 0 Å². The maximum atomic E-state index is 12.9. The Hall–Kier alpha value is -2.79. The van der Waals surface area contributed by atoms with Crippen LogP contribution in [-0.4, -0.2) is 15.6 Å². The molecule has 0 spiro atoms. The first-order valence-corrected chi connectivity index (χ1v) is 9.68. The summed E-state index contributed by atoms with van der Waals surface area (Å²) in [6.07, 6.45) is 3.58. The third kappa shape index (κ3) is 4.73. The average Bonchev–Trinajstić information content (AvgIpc) is 3.11. The molecule has 6 heteroatoms. The van der Waals surface area contributed by atoms with Gasteiger partial charge in [-0.3, -0.25) is 0 Å². The number of carbonyl (C=O) groups is 1. The number of carbonyl (C=O) groups excluding carboxylic acids is 1. The number of hydrogen-bond donors (Lipinski definition) is 2. The van der Waals surface area contributed by atoms with E-state index in [9.17, 15) is 4.79 Å². The Morgan fingerprint density at radius 3 is 2.25 bits per heavy atom. The summed E-state index contributed by atoms with van der Waals surface area (Å²) >= 11 is 6.03. The molecular formula is C22H25ClN4O. The van der Waals surface area contributed by atoms with Gasteiger partial charge in [0, 0.05) is 24.5 Å². The minimum Gasteiger partial charge on any atom is -0.336 e. The van der Waals surface area contributed by atoms with Gasteiger partial charge in [0.25, 0.3) is 0 Å². The van der Waals surface area contributed by atoms with Gasteiger partial charge >= 0.3 is 6.03 Å². The van der Waals surface area contributed by atoms with Crippen LogP contribution in [0, 0.1) is 5.92 Å². The summed E-state index contributed by atoms with van der Waals surface area (Å²) in [6, 6.07) is 16.7. The van der Waals surface area contributed by atoms with E-state index >= 15 is 0 Å². The fourth-order valence-corrected chi connectivity index (χ4v) is 3.34. The Labute approximate surface area is 170 Å². The van der Waals surface area contributed by atoms with Crippen molar-refractivity contribution in [3.8, 4) is 0 Å². The number of nitrogens with zero attached hydrogens (tertiary/aromatic N) is 2. The first-order chi connectivity index (χ1) is 13.5. The molecule has 0 saturated carbocycles. The number of nitrogens with one attached hydrogen (secondary N) is 2. The topological polar surface area (TPSA) is 59.0 Å². The van der Waals surface area contributed by atoms with Crippen LogP contribution in [0.4, 0.5) is 4.79 Å². The van der Waals surface area contributed by atoms with E-state index in [2.05, 4.69) is 29.5 Å². The Morgan fingerprint density at radius 1 is 1.00 bits per heavy atom. The summed E-state index contributed by atoms with van der Waals surface area (Å²) in [6.45, 7) is 4.18. The molecule has 0 bridgehead atoms. The predicted octanol–water partition coefficient (Wildman–Crippen LogP) is 4.86. The van der Waals surface area contributed by atoms with Gasteiger partial charge in [0.05, 0.1) is 6.04 Å². The van der Waals surface area contributed by atoms with Crippen LogP contribution in [0.1, 0.15) is 42.9 Å². The van der Waals surface area contributed by atoms with Gasteiger partial charge in [0.1, 0.15) is 11.9 Å². The molecule has 0 radical (unpaired) electrons. The summed E-state index contributed by atoms with van der Waals surface area (Å²) in [5, 5.41) is 6.84. The third-order valence-corrected chi connectivity index (χ3v) is 4.96. The lowest BCUT2D eigenvalue weighted by molar-refractivity contribution is 0.230. The van der Waals surface area contributed by atoms with E-state index in [1.807, 2.05) is 72.4 Å². The molecule has 3 aromatic rings. The highest BCUT2D eigenvalue weighted by Crippen LogP contribution is 2.24. The van der Waals surface area contributed by atoms with Crippen molar-refractivity contribution in [3.05, 3.63) is 89.0 Å². The molecule has 28 heavy (non-hydrogen) atoms. The van der Waals surface area contributed by atoms with Crippen LogP contribution < -0.4 is 10.6 Å². The molecule has 2 unspecified atom stereocenters. The number of rotatable bonds is 6. The Balaban J connectivity index is 1.83. The normalized spacial score (nSPS) is 13.2. The minimum absolute atomic E-state index is 0.0894. The van der Waals surface area contributed by atoms with Crippen molar-refractivity contribution in [2.24, 2.45) is 13.0 Å². The fourth-order valence-electron chi connectivity index (χ4n) is 3.22. The van der Waals surface area contributed by atoms with Crippen LogP contribution in [0.3, 0.4) is 0 Å². The predicted molar refractivity (Wildman–Crippen MR) is 112 cm³/mol. The van der Waals surface area contributed by atoms with E-state index in [0.717, 1.165) is 17.0 Å². The van der Waals surface area contributed by atoms with E-state index in [-0.39, 0.29) is 24.0 Å². The lowest BCUT2D eigenvalue weighted by atomic mass is 9.96. The number of urea groups is 1. The molecule has 2 N–H and O–H groups in total. The van der Waals surface area contributed by atoms with Gasteiger partial charge < -0.3 is 15.2 Å². The lowest BCUT2D eigenvalue weighted by Gasteiger charge is -2.25. The second-order valence-electron chi connectivity index (χ2n) is 7.13. The fraction of sp³-hybridized carbons (Fsp3) is 0.273. The monoisotopic (exact) mass is 396 g/mol. The second-order valence-corrected chi connectivity index (χ2v) is 7.57. The summed E-state index contributed by atoms with van der Waals surface area (Å²) < 4.78 is 1.90. The molecule has 0 aliphatic heterocycles. The zero-order valence-electron chi connectivity index (χ0n) is 16.3. The molecule has 2 amide bonds. The van der Waals surface area contributed by atoms with Crippen LogP contribution in [0.25, 0.3) is 0 Å². The number of amides is 2. The van der Waals surface area contributed by atoms with Crippen molar-refractivity contribution < 1.29 is 4.79 Å². The second kappa shape index (κ2) is 8.93. The molecule has 0 aliphatic carbocycles. The lowest BCUT2D eigenvalue weighted by Crippen LogP contribution is -2.42. The Morgan fingerprint density at radius 2 is 1.68 bits per heavy atom. The molecule has 5 nitrogen and oxygen atoms in total. The highest BCUT2D eigenvalue weighted by atomic mass is 35.5. The molecule has 146 valence electrons. The SMILES string of the molecule is CC(C)C(NC(=O)NC(c1ccc(Cl)cc1)c1nccn1C)c1ccccc1. The summed E-state index contributed by atoms with van der Waals surface area (Å²) in [7, 11) is 1.91. The summed E-state index contributed by atoms with van der Waals surface area (Å²) in [4.78, 5) is 17.3. The van der Waals surface area contributed by atoms with Crippen molar-refractivity contribution in [2.45, 2.75) is 25.9 Å². The van der Waals surface area contributed by atoms with Crippen molar-refractivity contribution in [1.29, 1.82) is 0 Å². The first-order valence-electron chi connectivity index (χ1n) is 9.30. The van der Waals surface area contributed by atoms with Crippen molar-refractivity contribution >= 4 is 17.6 Å². The quantitative estimate of drug-likeness (QED) is 0.625. The molecule has 0 fully saturated rings. The van der Waals surface area contributed by atoms with Crippen LogP contribution >= 0.6 is 11.6 Å². The number of aryl methyl sites for hydroxylation is 1. The number of halogens is 1. The number of imidazole rings is 1. The summed E-state index contributed by atoms with van der Waals surface area (Å²) in [5.74, 6) is 0.994. The zero-order valence-corrected chi connectivity index (χ0v) is 17.0. The van der Waals surface area contributed by atoms with Crippen LogP contribution in [0.5, 0.6) is 0 Å². The first kappa shape index (κ1) is 20.0. The molecule has 2 atom stereocenters. The maximum absolute atomic E-state index is 12.9. The zero-order chi connectivity index (χ0) is 20.1. The highest BCUT2D eigenvalue weighted by Gasteiger charge is 2.23. The standard InChI is InChI=1S/C22H25ClN4O/c1-15(2)19(16-7-5-4-6-8-16)25-22(28)26-20(21-24-13-14-27(21)3)17-9-11-18(23)12-10-17/h4-15,19-20H,1-3H3,(H2,25,26,28). The van der Waals surface area contributed by atoms with Gasteiger partial charge in [-0.05, 0) is 29.2 Å². The number of benzene rings is 2. The van der Waals surface area contributed by atoms with Gasteiger partial charge in [0.15, 0.2) is 0 Å². The van der Waals surface area contributed by atoms with Crippen molar-refractivity contribution in [1.82, 2.24) is 20.2 Å². The Bertz CT molecular complexity index is 906. The molecular weight excluding hydrogens is 372 g/mol. The van der Waals surface area contributed by atoms with Gasteiger partial charge in [0.2, 0.25) is 0 Å². The smallest absolute Gasteiger partial charge is 0.316 e. The minimum atomic E-state index is -0.388. The van der Waals surface area contributed by atoms with E-state index in [4.69, 9.17) is 11.6 Å². The molecule has 1 heterocycles. The molecule has 3 rings (SSSR count). The Kier molecular flexibility index (Phi) is 6.37. The van der Waals surface area contributed by atoms with Crippen LogP contribution in [-0.2, 0) is 7.05 Å². The molecule has 2 aromatic carbocycles. The highest BCUT2D eigenvalue weighted by molar-refractivity contribution is 6.30. The average molecular weight is 397 g/mol. The van der Waals surface area contributed by atoms with Crippen molar-refractivity contribution in [2.75, 3.05) is 0 Å². The van der Waals surface area contributed by atoms with Gasteiger partial charge in [-0.2, -0.15) is 0 Å². The van der Waals surface area contributed by atoms with Gasteiger partial charge in [-0.25, -0.2) is 9.78 Å². The third-order valence-electron chi connectivity index (χ3n) is 4.71. The van der Waals surface area contributed by atoms with Crippen LogP contribution in [0.15, 0.2) is 67.0 Å². The van der Waals surface area contributed by atoms with E-state index in [1.165, 1.54) is 0 Å². The molecule has 0 aliphatic rings. The largest absolute Gasteiger partial charge is 0.336 e. The van der Waals surface area contributed by atoms with E-state index < -0.39 is 0 Å².